The molecule has 0 saturated carbocycles. The number of benzene rings is 1. The van der Waals surface area contributed by atoms with Crippen LogP contribution < -0.4 is 11.1 Å². The third-order valence-corrected chi connectivity index (χ3v) is 2.81. The molecular formula is C13H18F2N2O. The van der Waals surface area contributed by atoms with Gasteiger partial charge in [-0.15, -0.1) is 0 Å². The Bertz CT molecular complexity index is 415. The lowest BCUT2D eigenvalue weighted by atomic mass is 10.0. The summed E-state index contributed by atoms with van der Waals surface area (Å²) in [6, 6.07) is 2.14. The number of carbonyl (C=O) groups excluding carboxylic acids is 1. The Morgan fingerprint density at radius 3 is 2.17 bits per heavy atom. The molecule has 0 heterocycles. The van der Waals surface area contributed by atoms with Crippen LogP contribution in [0, 0.1) is 17.6 Å². The van der Waals surface area contributed by atoms with Crippen molar-refractivity contribution in [3.8, 4) is 0 Å². The zero-order chi connectivity index (χ0) is 13.9. The minimum atomic E-state index is -0.761. The van der Waals surface area contributed by atoms with Crippen molar-refractivity contribution >= 4 is 5.91 Å². The molecule has 0 aromatic heterocycles. The Balaban J connectivity index is 2.83. The highest BCUT2D eigenvalue weighted by atomic mass is 19.1. The number of hydrogen-bond donors (Lipinski definition) is 2. The van der Waals surface area contributed by atoms with Crippen LogP contribution in [0.15, 0.2) is 18.2 Å². The average Bonchev–Trinajstić information content (AvgIpc) is 2.27. The molecule has 1 aromatic rings. The van der Waals surface area contributed by atoms with E-state index in [0.29, 0.717) is 0 Å². The lowest BCUT2D eigenvalue weighted by Gasteiger charge is -2.20. The van der Waals surface area contributed by atoms with Crippen molar-refractivity contribution in [1.29, 1.82) is 0 Å². The van der Waals surface area contributed by atoms with E-state index in [1.54, 1.807) is 13.8 Å². The highest BCUT2D eigenvalue weighted by Crippen LogP contribution is 2.20. The molecule has 1 rings (SSSR count). The Morgan fingerprint density at radius 1 is 1.22 bits per heavy atom. The lowest BCUT2D eigenvalue weighted by molar-refractivity contribution is -0.123. The summed E-state index contributed by atoms with van der Waals surface area (Å²) in [4.78, 5) is 11.7. The molecule has 3 N–H and O–H groups in total. The van der Waals surface area contributed by atoms with Gasteiger partial charge in [0.15, 0.2) is 0 Å². The molecular weight excluding hydrogens is 238 g/mol. The SMILES string of the molecule is CC(NC(=O)C(N)C(C)C)c1c(F)cccc1F. The number of amides is 1. The van der Waals surface area contributed by atoms with E-state index in [4.69, 9.17) is 5.73 Å². The number of rotatable bonds is 4. The van der Waals surface area contributed by atoms with E-state index in [2.05, 4.69) is 5.32 Å². The van der Waals surface area contributed by atoms with Crippen molar-refractivity contribution in [2.45, 2.75) is 32.9 Å². The van der Waals surface area contributed by atoms with Crippen molar-refractivity contribution in [1.82, 2.24) is 5.32 Å². The first-order valence-corrected chi connectivity index (χ1v) is 5.84. The van der Waals surface area contributed by atoms with Crippen LogP contribution >= 0.6 is 0 Å². The molecule has 0 bridgehead atoms. The number of nitrogens with one attached hydrogen (secondary N) is 1. The Labute approximate surface area is 105 Å². The predicted molar refractivity (Wildman–Crippen MR) is 65.7 cm³/mol. The second-order valence-electron chi connectivity index (χ2n) is 4.64. The molecule has 0 aliphatic rings. The maximum atomic E-state index is 13.5. The first kappa shape index (κ1) is 14.6. The molecule has 1 amide bonds. The fourth-order valence-corrected chi connectivity index (χ4v) is 1.61. The topological polar surface area (TPSA) is 55.1 Å². The molecule has 3 nitrogen and oxygen atoms in total. The maximum absolute atomic E-state index is 13.5. The first-order chi connectivity index (χ1) is 8.34. The van der Waals surface area contributed by atoms with Crippen molar-refractivity contribution in [2.24, 2.45) is 11.7 Å². The summed E-state index contributed by atoms with van der Waals surface area (Å²) in [5.41, 5.74) is 5.51. The van der Waals surface area contributed by atoms with Gasteiger partial charge in [0.1, 0.15) is 11.6 Å². The zero-order valence-electron chi connectivity index (χ0n) is 10.7. The van der Waals surface area contributed by atoms with Crippen molar-refractivity contribution in [3.63, 3.8) is 0 Å². The van der Waals surface area contributed by atoms with Gasteiger partial charge < -0.3 is 11.1 Å². The number of hydrogen-bond acceptors (Lipinski definition) is 2. The van der Waals surface area contributed by atoms with E-state index >= 15 is 0 Å². The third-order valence-electron chi connectivity index (χ3n) is 2.81. The highest BCUT2D eigenvalue weighted by molar-refractivity contribution is 5.82. The van der Waals surface area contributed by atoms with Gasteiger partial charge >= 0.3 is 0 Å². The lowest BCUT2D eigenvalue weighted by Crippen LogP contribution is -2.44. The van der Waals surface area contributed by atoms with Crippen molar-refractivity contribution < 1.29 is 13.6 Å². The second kappa shape index (κ2) is 5.91. The largest absolute Gasteiger partial charge is 0.348 e. The molecule has 100 valence electrons. The summed E-state index contributed by atoms with van der Waals surface area (Å²) >= 11 is 0. The maximum Gasteiger partial charge on any atom is 0.237 e. The second-order valence-corrected chi connectivity index (χ2v) is 4.64. The molecule has 2 atom stereocenters. The quantitative estimate of drug-likeness (QED) is 0.867. The van der Waals surface area contributed by atoms with Gasteiger partial charge in [-0.3, -0.25) is 4.79 Å². The Morgan fingerprint density at radius 2 is 1.72 bits per heavy atom. The van der Waals surface area contributed by atoms with Gasteiger partial charge in [0.05, 0.1) is 12.1 Å². The van der Waals surface area contributed by atoms with Crippen LogP contribution in [-0.4, -0.2) is 11.9 Å². The van der Waals surface area contributed by atoms with E-state index in [1.807, 2.05) is 0 Å². The molecule has 0 fully saturated rings. The van der Waals surface area contributed by atoms with Crippen LogP contribution in [0.3, 0.4) is 0 Å². The van der Waals surface area contributed by atoms with E-state index in [0.717, 1.165) is 12.1 Å². The Hall–Kier alpha value is -1.49. The zero-order valence-corrected chi connectivity index (χ0v) is 10.7. The van der Waals surface area contributed by atoms with E-state index in [9.17, 15) is 13.6 Å². The van der Waals surface area contributed by atoms with Crippen LogP contribution in [0.1, 0.15) is 32.4 Å². The van der Waals surface area contributed by atoms with E-state index in [-0.39, 0.29) is 11.5 Å². The third kappa shape index (κ3) is 3.26. The first-order valence-electron chi connectivity index (χ1n) is 5.84. The molecule has 18 heavy (non-hydrogen) atoms. The van der Waals surface area contributed by atoms with Gasteiger partial charge in [0.25, 0.3) is 0 Å². The summed E-state index contributed by atoms with van der Waals surface area (Å²) in [5.74, 6) is -1.82. The normalized spacial score (nSPS) is 14.4. The Kier molecular flexibility index (Phi) is 4.78. The molecule has 0 aliphatic carbocycles. The molecule has 0 saturated heterocycles. The molecule has 1 aromatic carbocycles. The molecule has 5 heteroatoms. The monoisotopic (exact) mass is 256 g/mol. The van der Waals surface area contributed by atoms with Crippen LogP contribution in [0.5, 0.6) is 0 Å². The van der Waals surface area contributed by atoms with Crippen LogP contribution in [0.4, 0.5) is 8.78 Å². The number of halogens is 2. The van der Waals surface area contributed by atoms with Crippen molar-refractivity contribution in [3.05, 3.63) is 35.4 Å². The standard InChI is InChI=1S/C13H18F2N2O/c1-7(2)12(16)13(18)17-8(3)11-9(14)5-4-6-10(11)15/h4-8,12H,16H2,1-3H3,(H,17,18). The fourth-order valence-electron chi connectivity index (χ4n) is 1.61. The minimum absolute atomic E-state index is 0.0392. The van der Waals surface area contributed by atoms with Gasteiger partial charge in [0, 0.05) is 5.56 Å². The van der Waals surface area contributed by atoms with Gasteiger partial charge in [-0.1, -0.05) is 19.9 Å². The van der Waals surface area contributed by atoms with Crippen LogP contribution in [-0.2, 0) is 4.79 Å². The number of carbonyl (C=O) groups is 1. The van der Waals surface area contributed by atoms with Crippen LogP contribution in [0.2, 0.25) is 0 Å². The van der Waals surface area contributed by atoms with Gasteiger partial charge in [-0.05, 0) is 25.0 Å². The van der Waals surface area contributed by atoms with Crippen molar-refractivity contribution in [2.75, 3.05) is 0 Å². The van der Waals surface area contributed by atoms with Gasteiger partial charge in [-0.25, -0.2) is 8.78 Å². The summed E-state index contributed by atoms with van der Waals surface area (Å²) < 4.78 is 27.0. The van der Waals surface area contributed by atoms with Crippen LogP contribution in [0.25, 0.3) is 0 Å². The molecule has 2 unspecified atom stereocenters. The van der Waals surface area contributed by atoms with Gasteiger partial charge in [0.2, 0.25) is 5.91 Å². The average molecular weight is 256 g/mol. The molecule has 0 spiro atoms. The summed E-state index contributed by atoms with van der Waals surface area (Å²) in [6.45, 7) is 5.13. The number of nitrogens with two attached hydrogens (primary N) is 1. The summed E-state index contributed by atoms with van der Waals surface area (Å²) in [7, 11) is 0. The summed E-state index contributed by atoms with van der Waals surface area (Å²) in [6.07, 6.45) is 0. The summed E-state index contributed by atoms with van der Waals surface area (Å²) in [5, 5.41) is 2.52. The molecule has 0 radical (unpaired) electrons. The highest BCUT2D eigenvalue weighted by Gasteiger charge is 2.22. The van der Waals surface area contributed by atoms with E-state index < -0.39 is 29.6 Å². The smallest absolute Gasteiger partial charge is 0.237 e. The molecule has 0 aliphatic heterocycles. The predicted octanol–water partition coefficient (Wildman–Crippen LogP) is 2.13. The van der Waals surface area contributed by atoms with Gasteiger partial charge in [-0.2, -0.15) is 0 Å². The minimum Gasteiger partial charge on any atom is -0.348 e. The van der Waals surface area contributed by atoms with E-state index in [1.165, 1.54) is 13.0 Å². The fraction of sp³-hybridized carbons (Fsp3) is 0.462.